The quantitative estimate of drug-likeness (QED) is 0.632. The predicted octanol–water partition coefficient (Wildman–Crippen LogP) is 2.42. The number of nitrogens with one attached hydrogen (secondary N) is 1. The maximum absolute atomic E-state index is 12.1. The number of nitrogens with zero attached hydrogens (tertiary/aromatic N) is 2. The summed E-state index contributed by atoms with van der Waals surface area (Å²) >= 11 is 0. The number of carbonyl (C=O) groups excluding carboxylic acids is 1. The van der Waals surface area contributed by atoms with Gasteiger partial charge < -0.3 is 10.4 Å². The summed E-state index contributed by atoms with van der Waals surface area (Å²) in [5.41, 5.74) is 1.50. The van der Waals surface area contributed by atoms with E-state index in [1.54, 1.807) is 31.2 Å². The van der Waals surface area contributed by atoms with Gasteiger partial charge in [-0.15, -0.1) is 0 Å². The molecule has 0 aliphatic rings. The number of benzene rings is 1. The fraction of sp³-hybridized carbons (Fsp3) is 0.389. The first-order chi connectivity index (χ1) is 12.7. The third kappa shape index (κ3) is 5.65. The molecule has 0 unspecified atom stereocenters. The number of amides is 1. The molecule has 2 rings (SSSR count). The van der Waals surface area contributed by atoms with Gasteiger partial charge in [-0.2, -0.15) is 5.10 Å². The van der Waals surface area contributed by atoms with Crippen LogP contribution < -0.4 is 5.32 Å². The third-order valence-electron chi connectivity index (χ3n) is 4.02. The molecule has 0 saturated heterocycles. The molecule has 0 atom stereocenters. The Kier molecular flexibility index (Phi) is 6.73. The molecule has 0 saturated carbocycles. The van der Waals surface area contributed by atoms with Crippen LogP contribution >= 0.6 is 0 Å². The van der Waals surface area contributed by atoms with Crippen LogP contribution in [0.3, 0.4) is 0 Å². The summed E-state index contributed by atoms with van der Waals surface area (Å²) in [7, 11) is -3.44. The Morgan fingerprint density at radius 2 is 2.00 bits per heavy atom. The number of aromatic carboxylic acids is 1. The monoisotopic (exact) mass is 393 g/mol. The second-order valence-electron chi connectivity index (χ2n) is 6.26. The molecule has 0 bridgehead atoms. The molecular formula is C18H23N3O5S. The number of carboxylic acid groups (broad SMARTS) is 1. The molecule has 1 aromatic heterocycles. The maximum Gasteiger partial charge on any atom is 0.339 e. The molecule has 146 valence electrons. The van der Waals surface area contributed by atoms with Crippen LogP contribution in [0.5, 0.6) is 0 Å². The molecule has 1 amide bonds. The van der Waals surface area contributed by atoms with E-state index in [-0.39, 0.29) is 11.3 Å². The number of carboxylic acids is 1. The summed E-state index contributed by atoms with van der Waals surface area (Å²) in [5, 5.41) is 15.7. The predicted molar refractivity (Wildman–Crippen MR) is 102 cm³/mol. The fourth-order valence-corrected chi connectivity index (χ4v) is 3.90. The molecule has 2 N–H and O–H groups in total. The summed E-state index contributed by atoms with van der Waals surface area (Å²) in [6.07, 6.45) is 3.52. The van der Waals surface area contributed by atoms with E-state index in [0.717, 1.165) is 12.8 Å². The molecule has 9 heteroatoms. The highest BCUT2D eigenvalue weighted by atomic mass is 32.2. The Morgan fingerprint density at radius 1 is 1.26 bits per heavy atom. The van der Waals surface area contributed by atoms with Crippen molar-refractivity contribution >= 4 is 27.4 Å². The highest BCUT2D eigenvalue weighted by molar-refractivity contribution is 7.92. The largest absolute Gasteiger partial charge is 0.478 e. The summed E-state index contributed by atoms with van der Waals surface area (Å²) in [5.74, 6) is -2.24. The van der Waals surface area contributed by atoms with Crippen LogP contribution in [-0.4, -0.2) is 46.7 Å². The summed E-state index contributed by atoms with van der Waals surface area (Å²) < 4.78 is 25.4. The van der Waals surface area contributed by atoms with Crippen molar-refractivity contribution < 1.29 is 23.1 Å². The average Bonchev–Trinajstić information content (AvgIpc) is 2.96. The van der Waals surface area contributed by atoms with Crippen molar-refractivity contribution in [2.45, 2.75) is 33.1 Å². The van der Waals surface area contributed by atoms with Gasteiger partial charge in [0.1, 0.15) is 11.3 Å². The van der Waals surface area contributed by atoms with Gasteiger partial charge >= 0.3 is 5.97 Å². The minimum Gasteiger partial charge on any atom is -0.478 e. The van der Waals surface area contributed by atoms with Crippen LogP contribution in [0.2, 0.25) is 0 Å². The number of carbonyl (C=O) groups is 2. The lowest BCUT2D eigenvalue weighted by Gasteiger charge is -2.09. The molecule has 0 aliphatic carbocycles. The van der Waals surface area contributed by atoms with Crippen LogP contribution in [0.15, 0.2) is 30.5 Å². The first-order valence-electron chi connectivity index (χ1n) is 8.62. The summed E-state index contributed by atoms with van der Waals surface area (Å²) in [4.78, 5) is 23.2. The van der Waals surface area contributed by atoms with Gasteiger partial charge in [-0.1, -0.05) is 25.8 Å². The second-order valence-corrected chi connectivity index (χ2v) is 8.44. The first-order valence-corrected chi connectivity index (χ1v) is 10.4. The molecule has 0 radical (unpaired) electrons. The van der Waals surface area contributed by atoms with Crippen molar-refractivity contribution in [3.05, 3.63) is 41.7 Å². The van der Waals surface area contributed by atoms with E-state index in [4.69, 9.17) is 5.11 Å². The van der Waals surface area contributed by atoms with E-state index in [1.807, 2.05) is 6.92 Å². The molecular weight excluding hydrogens is 370 g/mol. The number of rotatable bonds is 9. The van der Waals surface area contributed by atoms with Crippen LogP contribution in [-0.2, 0) is 14.6 Å². The Hall–Kier alpha value is -2.68. The molecule has 27 heavy (non-hydrogen) atoms. The molecule has 2 aromatic rings. The molecule has 8 nitrogen and oxygen atoms in total. The lowest BCUT2D eigenvalue weighted by Crippen LogP contribution is -2.24. The molecule has 1 heterocycles. The standard InChI is InChI=1S/C18H23N3O5S/c1-3-4-5-9-27(25,26)12-17(22)20-14-7-6-8-15(10-14)21-13(2)16(11-19-21)18(23)24/h6-8,10-11H,3-5,9,12H2,1-2H3,(H,20,22)(H,23,24). The van der Waals surface area contributed by atoms with E-state index in [1.165, 1.54) is 10.9 Å². The van der Waals surface area contributed by atoms with Crippen LogP contribution in [0.25, 0.3) is 5.69 Å². The normalized spacial score (nSPS) is 11.3. The van der Waals surface area contributed by atoms with Crippen LogP contribution in [0.4, 0.5) is 5.69 Å². The maximum atomic E-state index is 12.1. The van der Waals surface area contributed by atoms with Crippen LogP contribution in [0, 0.1) is 6.92 Å². The van der Waals surface area contributed by atoms with Gasteiger partial charge in [0.2, 0.25) is 5.91 Å². The Morgan fingerprint density at radius 3 is 2.63 bits per heavy atom. The minimum atomic E-state index is -3.44. The average molecular weight is 393 g/mol. The topological polar surface area (TPSA) is 118 Å². The smallest absolute Gasteiger partial charge is 0.339 e. The van der Waals surface area contributed by atoms with Crippen molar-refractivity contribution in [3.63, 3.8) is 0 Å². The van der Waals surface area contributed by atoms with Gasteiger partial charge in [-0.3, -0.25) is 4.79 Å². The molecule has 0 aliphatic heterocycles. The molecule has 1 aromatic carbocycles. The van der Waals surface area contributed by atoms with Gasteiger partial charge in [0.15, 0.2) is 9.84 Å². The Bertz CT molecular complexity index is 934. The van der Waals surface area contributed by atoms with Crippen molar-refractivity contribution in [3.8, 4) is 5.69 Å². The molecule has 0 spiro atoms. The number of unbranched alkanes of at least 4 members (excludes halogenated alkanes) is 2. The van der Waals surface area contributed by atoms with Crippen LogP contribution in [0.1, 0.15) is 42.2 Å². The number of anilines is 1. The highest BCUT2D eigenvalue weighted by Crippen LogP contribution is 2.18. The Labute approximate surface area is 158 Å². The second kappa shape index (κ2) is 8.81. The third-order valence-corrected chi connectivity index (χ3v) is 5.64. The number of aromatic nitrogens is 2. The fourth-order valence-electron chi connectivity index (χ4n) is 2.64. The number of hydrogen-bond donors (Lipinski definition) is 2. The SMILES string of the molecule is CCCCCS(=O)(=O)CC(=O)Nc1cccc(-n2ncc(C(=O)O)c2C)c1. The van der Waals surface area contributed by atoms with Gasteiger partial charge in [0.05, 0.1) is 23.3 Å². The van der Waals surface area contributed by atoms with Crippen molar-refractivity contribution in [1.82, 2.24) is 9.78 Å². The van der Waals surface area contributed by atoms with Gasteiger partial charge in [-0.05, 0) is 31.5 Å². The van der Waals surface area contributed by atoms with E-state index >= 15 is 0 Å². The Balaban J connectivity index is 2.10. The van der Waals surface area contributed by atoms with Gasteiger partial charge in [-0.25, -0.2) is 17.9 Å². The van der Waals surface area contributed by atoms with E-state index in [9.17, 15) is 18.0 Å². The van der Waals surface area contributed by atoms with Crippen molar-refractivity contribution in [2.24, 2.45) is 0 Å². The van der Waals surface area contributed by atoms with Crippen molar-refractivity contribution in [1.29, 1.82) is 0 Å². The lowest BCUT2D eigenvalue weighted by atomic mass is 10.2. The van der Waals surface area contributed by atoms with Gasteiger partial charge in [0, 0.05) is 5.69 Å². The summed E-state index contributed by atoms with van der Waals surface area (Å²) in [6, 6.07) is 6.61. The zero-order chi connectivity index (χ0) is 20.0. The van der Waals surface area contributed by atoms with Gasteiger partial charge in [0.25, 0.3) is 0 Å². The molecule has 0 fully saturated rings. The van der Waals surface area contributed by atoms with E-state index < -0.39 is 27.5 Å². The van der Waals surface area contributed by atoms with E-state index in [0.29, 0.717) is 23.5 Å². The zero-order valence-electron chi connectivity index (χ0n) is 15.3. The minimum absolute atomic E-state index is 0.00124. The number of sulfone groups is 1. The lowest BCUT2D eigenvalue weighted by molar-refractivity contribution is -0.113. The summed E-state index contributed by atoms with van der Waals surface area (Å²) in [6.45, 7) is 3.61. The number of hydrogen-bond acceptors (Lipinski definition) is 5. The van der Waals surface area contributed by atoms with Crippen molar-refractivity contribution in [2.75, 3.05) is 16.8 Å². The van der Waals surface area contributed by atoms with E-state index in [2.05, 4.69) is 10.4 Å². The highest BCUT2D eigenvalue weighted by Gasteiger charge is 2.17. The first kappa shape index (κ1) is 20.6. The zero-order valence-corrected chi connectivity index (χ0v) is 16.1.